The molecule has 0 aromatic heterocycles. The summed E-state index contributed by atoms with van der Waals surface area (Å²) in [7, 11) is 0. The van der Waals surface area contributed by atoms with E-state index in [1.54, 1.807) is 0 Å². The Labute approximate surface area is 167 Å². The molecule has 0 saturated carbocycles. The Bertz CT molecular complexity index is 643. The number of para-hydroxylation sites is 1. The number of anilines is 1. The van der Waals surface area contributed by atoms with E-state index < -0.39 is 0 Å². The lowest BCUT2D eigenvalue weighted by molar-refractivity contribution is -0.134. The SMILES string of the molecule is Cl.O=C(CC1CCCN1)N1CCN(C2CCN(c3ccccc3)C2=O)CC1. The maximum absolute atomic E-state index is 12.8. The van der Waals surface area contributed by atoms with Crippen molar-refractivity contribution < 1.29 is 9.59 Å². The zero-order valence-electron chi connectivity index (χ0n) is 15.7. The van der Waals surface area contributed by atoms with Crippen molar-refractivity contribution in [2.45, 2.75) is 37.8 Å². The molecule has 6 nitrogen and oxygen atoms in total. The quantitative estimate of drug-likeness (QED) is 0.843. The van der Waals surface area contributed by atoms with Crippen LogP contribution in [-0.2, 0) is 9.59 Å². The molecule has 0 aliphatic carbocycles. The number of benzene rings is 1. The molecule has 148 valence electrons. The molecule has 2 unspecified atom stereocenters. The first-order valence-corrected chi connectivity index (χ1v) is 9.84. The summed E-state index contributed by atoms with van der Waals surface area (Å²) in [6.45, 7) is 4.88. The highest BCUT2D eigenvalue weighted by atomic mass is 35.5. The van der Waals surface area contributed by atoms with E-state index in [-0.39, 0.29) is 30.3 Å². The number of amides is 2. The van der Waals surface area contributed by atoms with Crippen LogP contribution in [0.4, 0.5) is 5.69 Å². The van der Waals surface area contributed by atoms with Gasteiger partial charge in [0.15, 0.2) is 0 Å². The molecule has 0 spiro atoms. The molecule has 3 fully saturated rings. The van der Waals surface area contributed by atoms with Gasteiger partial charge in [-0.2, -0.15) is 0 Å². The van der Waals surface area contributed by atoms with E-state index >= 15 is 0 Å². The molecule has 2 atom stereocenters. The van der Waals surface area contributed by atoms with Crippen LogP contribution in [0.25, 0.3) is 0 Å². The second-order valence-corrected chi connectivity index (χ2v) is 7.54. The second-order valence-electron chi connectivity index (χ2n) is 7.54. The van der Waals surface area contributed by atoms with Crippen molar-refractivity contribution in [2.75, 3.05) is 44.2 Å². The van der Waals surface area contributed by atoms with Gasteiger partial charge in [-0.1, -0.05) is 18.2 Å². The molecular formula is C20H29ClN4O2. The minimum Gasteiger partial charge on any atom is -0.340 e. The van der Waals surface area contributed by atoms with Gasteiger partial charge < -0.3 is 15.1 Å². The molecule has 1 N–H and O–H groups in total. The van der Waals surface area contributed by atoms with Crippen LogP contribution in [0.3, 0.4) is 0 Å². The van der Waals surface area contributed by atoms with E-state index in [4.69, 9.17) is 0 Å². The van der Waals surface area contributed by atoms with Gasteiger partial charge in [-0.3, -0.25) is 14.5 Å². The van der Waals surface area contributed by atoms with E-state index in [0.29, 0.717) is 12.5 Å². The highest BCUT2D eigenvalue weighted by Gasteiger charge is 2.38. The maximum Gasteiger partial charge on any atom is 0.244 e. The zero-order valence-corrected chi connectivity index (χ0v) is 16.5. The summed E-state index contributed by atoms with van der Waals surface area (Å²) in [6.07, 6.45) is 3.77. The third-order valence-electron chi connectivity index (χ3n) is 5.94. The van der Waals surface area contributed by atoms with Gasteiger partial charge in [-0.15, -0.1) is 12.4 Å². The van der Waals surface area contributed by atoms with Crippen molar-refractivity contribution >= 4 is 29.9 Å². The third-order valence-corrected chi connectivity index (χ3v) is 5.94. The van der Waals surface area contributed by atoms with Crippen molar-refractivity contribution in [2.24, 2.45) is 0 Å². The van der Waals surface area contributed by atoms with Crippen LogP contribution < -0.4 is 10.2 Å². The number of carbonyl (C=O) groups excluding carboxylic acids is 2. The van der Waals surface area contributed by atoms with Crippen molar-refractivity contribution in [3.05, 3.63) is 30.3 Å². The van der Waals surface area contributed by atoms with E-state index in [1.807, 2.05) is 40.1 Å². The van der Waals surface area contributed by atoms with Gasteiger partial charge in [0.1, 0.15) is 0 Å². The summed E-state index contributed by atoms with van der Waals surface area (Å²) in [5.74, 6) is 0.457. The second kappa shape index (κ2) is 9.04. The number of rotatable bonds is 4. The predicted molar refractivity (Wildman–Crippen MR) is 108 cm³/mol. The van der Waals surface area contributed by atoms with Gasteiger partial charge >= 0.3 is 0 Å². The molecule has 3 heterocycles. The average Bonchev–Trinajstić information content (AvgIpc) is 3.32. The third kappa shape index (κ3) is 4.45. The Morgan fingerprint density at radius 1 is 1.04 bits per heavy atom. The van der Waals surface area contributed by atoms with Crippen molar-refractivity contribution in [3.63, 3.8) is 0 Å². The minimum absolute atomic E-state index is 0. The first kappa shape index (κ1) is 20.1. The first-order chi connectivity index (χ1) is 12.7. The fraction of sp³-hybridized carbons (Fsp3) is 0.600. The lowest BCUT2D eigenvalue weighted by Crippen LogP contribution is -2.54. The Morgan fingerprint density at radius 3 is 2.44 bits per heavy atom. The number of hydrogen-bond donors (Lipinski definition) is 1. The van der Waals surface area contributed by atoms with Gasteiger partial charge in [0.2, 0.25) is 11.8 Å². The standard InChI is InChI=1S/C20H28N4O2.ClH/c25-19(15-16-5-4-9-21-16)23-13-11-22(12-14-23)18-8-10-24(20(18)26)17-6-2-1-3-7-17;/h1-3,6-7,16,18,21H,4-5,8-15H2;1H. The summed E-state index contributed by atoms with van der Waals surface area (Å²) in [6, 6.07) is 10.2. The molecule has 2 amide bonds. The van der Waals surface area contributed by atoms with Crippen molar-refractivity contribution in [3.8, 4) is 0 Å². The summed E-state index contributed by atoms with van der Waals surface area (Å²) >= 11 is 0. The molecular weight excluding hydrogens is 364 g/mol. The first-order valence-electron chi connectivity index (χ1n) is 9.84. The number of nitrogens with zero attached hydrogens (tertiary/aromatic N) is 3. The summed E-state index contributed by atoms with van der Waals surface area (Å²) in [4.78, 5) is 31.5. The minimum atomic E-state index is -0.0380. The van der Waals surface area contributed by atoms with Gasteiger partial charge in [-0.25, -0.2) is 0 Å². The Morgan fingerprint density at radius 2 is 1.78 bits per heavy atom. The van der Waals surface area contributed by atoms with Crippen LogP contribution in [0.1, 0.15) is 25.7 Å². The fourth-order valence-corrected chi connectivity index (χ4v) is 4.42. The Kier molecular flexibility index (Phi) is 6.73. The van der Waals surface area contributed by atoms with Crippen LogP contribution in [0.2, 0.25) is 0 Å². The molecule has 7 heteroatoms. The average molecular weight is 393 g/mol. The monoisotopic (exact) mass is 392 g/mol. The Balaban J connectivity index is 0.00000210. The molecule has 4 rings (SSSR count). The lowest BCUT2D eigenvalue weighted by atomic mass is 10.1. The molecule has 3 aliphatic rings. The molecule has 27 heavy (non-hydrogen) atoms. The highest BCUT2D eigenvalue weighted by molar-refractivity contribution is 5.99. The molecule has 0 bridgehead atoms. The number of halogens is 1. The summed E-state index contributed by atoms with van der Waals surface area (Å²) in [5, 5.41) is 3.40. The normalized spacial score (nSPS) is 26.3. The Hall–Kier alpha value is -1.63. The van der Waals surface area contributed by atoms with Crippen LogP contribution >= 0.6 is 12.4 Å². The van der Waals surface area contributed by atoms with E-state index in [9.17, 15) is 9.59 Å². The van der Waals surface area contributed by atoms with E-state index in [0.717, 1.165) is 57.8 Å². The number of hydrogen-bond acceptors (Lipinski definition) is 4. The number of nitrogens with one attached hydrogen (secondary N) is 1. The van der Waals surface area contributed by atoms with Crippen LogP contribution in [-0.4, -0.2) is 73.0 Å². The smallest absolute Gasteiger partial charge is 0.244 e. The van der Waals surface area contributed by atoms with Crippen molar-refractivity contribution in [1.29, 1.82) is 0 Å². The van der Waals surface area contributed by atoms with E-state index in [1.165, 1.54) is 6.42 Å². The van der Waals surface area contributed by atoms with Crippen LogP contribution in [0.5, 0.6) is 0 Å². The lowest BCUT2D eigenvalue weighted by Gasteiger charge is -2.37. The molecule has 1 aromatic carbocycles. The largest absolute Gasteiger partial charge is 0.340 e. The van der Waals surface area contributed by atoms with Crippen LogP contribution in [0.15, 0.2) is 30.3 Å². The topological polar surface area (TPSA) is 55.9 Å². The van der Waals surface area contributed by atoms with E-state index in [2.05, 4.69) is 10.2 Å². The molecule has 3 saturated heterocycles. The van der Waals surface area contributed by atoms with Gasteiger partial charge in [0.25, 0.3) is 0 Å². The zero-order chi connectivity index (χ0) is 17.9. The number of carbonyl (C=O) groups is 2. The molecule has 0 radical (unpaired) electrons. The molecule has 1 aromatic rings. The predicted octanol–water partition coefficient (Wildman–Crippen LogP) is 1.50. The fourth-order valence-electron chi connectivity index (χ4n) is 4.42. The summed E-state index contributed by atoms with van der Waals surface area (Å²) in [5.41, 5.74) is 0.984. The van der Waals surface area contributed by atoms with Gasteiger partial charge in [0.05, 0.1) is 6.04 Å². The van der Waals surface area contributed by atoms with Gasteiger partial charge in [-0.05, 0) is 37.9 Å². The highest BCUT2D eigenvalue weighted by Crippen LogP contribution is 2.25. The van der Waals surface area contributed by atoms with Crippen LogP contribution in [0, 0.1) is 0 Å². The van der Waals surface area contributed by atoms with Gasteiger partial charge in [0, 0.05) is 50.9 Å². The molecule has 3 aliphatic heterocycles. The number of piperazine rings is 1. The summed E-state index contributed by atoms with van der Waals surface area (Å²) < 4.78 is 0. The maximum atomic E-state index is 12.8. The van der Waals surface area contributed by atoms with Crippen molar-refractivity contribution in [1.82, 2.24) is 15.1 Å².